The maximum absolute atomic E-state index is 12.5. The van der Waals surface area contributed by atoms with Crippen LogP contribution < -0.4 is 4.90 Å². The van der Waals surface area contributed by atoms with E-state index in [0.29, 0.717) is 23.4 Å². The van der Waals surface area contributed by atoms with Gasteiger partial charge in [0.1, 0.15) is 18.1 Å². The molecule has 0 saturated carbocycles. The molecule has 1 aliphatic heterocycles. The summed E-state index contributed by atoms with van der Waals surface area (Å²) in [5, 5.41) is 9.34. The Balaban J connectivity index is 2.04. The van der Waals surface area contributed by atoms with Gasteiger partial charge in [0, 0.05) is 12.1 Å². The van der Waals surface area contributed by atoms with Crippen LogP contribution >= 0.6 is 0 Å². The molecule has 0 saturated heterocycles. The molecular weight excluding hydrogens is 258 g/mol. The number of benzene rings is 1. The van der Waals surface area contributed by atoms with Gasteiger partial charge in [0.05, 0.1) is 5.56 Å². The number of rotatable bonds is 2. The van der Waals surface area contributed by atoms with Gasteiger partial charge < -0.3 is 9.52 Å². The number of carboxylic acid groups (broad SMARTS) is 1. The summed E-state index contributed by atoms with van der Waals surface area (Å²) in [5.41, 5.74) is 1.89. The molecule has 2 aromatic rings. The first-order chi connectivity index (χ1) is 9.58. The minimum Gasteiger partial charge on any atom is -0.480 e. The Kier molecular flexibility index (Phi) is 2.82. The summed E-state index contributed by atoms with van der Waals surface area (Å²) >= 11 is 0. The number of carbonyl (C=O) groups excluding carboxylic acids is 1. The van der Waals surface area contributed by atoms with Crippen molar-refractivity contribution in [2.45, 2.75) is 19.4 Å². The average molecular weight is 271 g/mol. The van der Waals surface area contributed by atoms with Gasteiger partial charge in [-0.15, -0.1) is 0 Å². The molecule has 0 radical (unpaired) electrons. The molecule has 20 heavy (non-hydrogen) atoms. The van der Waals surface area contributed by atoms with Crippen LogP contribution in [0.3, 0.4) is 0 Å². The van der Waals surface area contributed by atoms with Crippen molar-refractivity contribution in [1.82, 2.24) is 0 Å². The van der Waals surface area contributed by atoms with Gasteiger partial charge >= 0.3 is 5.97 Å². The second-order valence-corrected chi connectivity index (χ2v) is 4.81. The number of carbonyl (C=O) groups is 2. The molecule has 1 N–H and O–H groups in total. The lowest BCUT2D eigenvalue weighted by Gasteiger charge is -2.21. The van der Waals surface area contributed by atoms with E-state index >= 15 is 0 Å². The van der Waals surface area contributed by atoms with E-state index in [-0.39, 0.29) is 5.91 Å². The lowest BCUT2D eigenvalue weighted by Crippen LogP contribution is -2.42. The van der Waals surface area contributed by atoms with E-state index in [2.05, 4.69) is 0 Å². The number of fused-ring (bicyclic) bond motifs is 1. The molecule has 1 aromatic heterocycles. The first kappa shape index (κ1) is 12.5. The molecular formula is C15H13NO4. The number of aryl methyl sites for hydroxylation is 1. The van der Waals surface area contributed by atoms with Crippen molar-refractivity contribution in [3.8, 4) is 0 Å². The fourth-order valence-corrected chi connectivity index (χ4v) is 2.53. The molecule has 0 aliphatic carbocycles. The van der Waals surface area contributed by atoms with Crippen LogP contribution in [-0.2, 0) is 11.2 Å². The van der Waals surface area contributed by atoms with Crippen LogP contribution in [0, 0.1) is 6.92 Å². The van der Waals surface area contributed by atoms with Crippen molar-refractivity contribution in [2.24, 2.45) is 0 Å². The Hall–Kier alpha value is -2.56. The van der Waals surface area contributed by atoms with Crippen LogP contribution in [0.1, 0.15) is 21.7 Å². The third-order valence-corrected chi connectivity index (χ3v) is 3.46. The molecule has 3 rings (SSSR count). The van der Waals surface area contributed by atoms with Gasteiger partial charge in [-0.3, -0.25) is 9.69 Å². The number of hydrogen-bond acceptors (Lipinski definition) is 3. The molecule has 1 aromatic carbocycles. The van der Waals surface area contributed by atoms with Crippen molar-refractivity contribution >= 4 is 17.6 Å². The molecule has 2 heterocycles. The maximum Gasteiger partial charge on any atom is 0.327 e. The van der Waals surface area contributed by atoms with Gasteiger partial charge in [-0.25, -0.2) is 4.79 Å². The number of nitrogens with zero attached hydrogens (tertiary/aromatic N) is 1. The summed E-state index contributed by atoms with van der Waals surface area (Å²) in [7, 11) is 0. The minimum atomic E-state index is -1.00. The van der Waals surface area contributed by atoms with Crippen LogP contribution in [0.5, 0.6) is 0 Å². The van der Waals surface area contributed by atoms with Crippen molar-refractivity contribution < 1.29 is 19.1 Å². The Morgan fingerprint density at radius 3 is 2.75 bits per heavy atom. The number of hydrogen-bond donors (Lipinski definition) is 1. The fraction of sp³-hybridized carbons (Fsp3) is 0.200. The van der Waals surface area contributed by atoms with E-state index in [1.54, 1.807) is 25.1 Å². The number of aliphatic carboxylic acids is 1. The number of anilines is 1. The van der Waals surface area contributed by atoms with Crippen LogP contribution in [0.4, 0.5) is 5.69 Å². The van der Waals surface area contributed by atoms with E-state index < -0.39 is 12.0 Å². The molecule has 5 heteroatoms. The minimum absolute atomic E-state index is 0.327. The first-order valence-corrected chi connectivity index (χ1v) is 6.27. The van der Waals surface area contributed by atoms with Gasteiger partial charge in [-0.1, -0.05) is 18.2 Å². The normalized spacial score (nSPS) is 17.1. The molecule has 0 fully saturated rings. The Morgan fingerprint density at radius 2 is 2.10 bits per heavy atom. The third kappa shape index (κ3) is 1.87. The van der Waals surface area contributed by atoms with Gasteiger partial charge in [-0.2, -0.15) is 0 Å². The predicted octanol–water partition coefficient (Wildman–Crippen LogP) is 2.24. The molecule has 0 spiro atoms. The SMILES string of the molecule is Cc1cc(C(=O)N2c3ccccc3CC2C(=O)O)co1. The highest BCUT2D eigenvalue weighted by Gasteiger charge is 2.38. The lowest BCUT2D eigenvalue weighted by molar-refractivity contribution is -0.138. The highest BCUT2D eigenvalue weighted by atomic mass is 16.4. The quantitative estimate of drug-likeness (QED) is 0.909. The predicted molar refractivity (Wildman–Crippen MR) is 71.8 cm³/mol. The number of carboxylic acids is 1. The van der Waals surface area contributed by atoms with Gasteiger partial charge in [0.25, 0.3) is 5.91 Å². The van der Waals surface area contributed by atoms with E-state index in [9.17, 15) is 14.7 Å². The highest BCUT2D eigenvalue weighted by molar-refractivity contribution is 6.10. The standard InChI is InChI=1S/C15H13NO4/c1-9-6-11(8-20-9)14(17)16-12-5-3-2-4-10(12)7-13(16)15(18)19/h2-6,8,13H,7H2,1H3,(H,18,19). The van der Waals surface area contributed by atoms with Gasteiger partial charge in [-0.05, 0) is 24.6 Å². The van der Waals surface area contributed by atoms with E-state index in [1.165, 1.54) is 11.2 Å². The summed E-state index contributed by atoms with van der Waals surface area (Å²) in [6.45, 7) is 1.74. The zero-order valence-electron chi connectivity index (χ0n) is 10.9. The molecule has 102 valence electrons. The Morgan fingerprint density at radius 1 is 1.35 bits per heavy atom. The Bertz CT molecular complexity index is 689. The summed E-state index contributed by atoms with van der Waals surface area (Å²) in [6.07, 6.45) is 1.69. The topological polar surface area (TPSA) is 70.8 Å². The second kappa shape index (κ2) is 4.52. The van der Waals surface area contributed by atoms with Crippen LogP contribution in [0.2, 0.25) is 0 Å². The van der Waals surface area contributed by atoms with Crippen molar-refractivity contribution in [3.05, 3.63) is 53.5 Å². The molecule has 1 unspecified atom stereocenters. The molecule has 0 bridgehead atoms. The largest absolute Gasteiger partial charge is 0.480 e. The summed E-state index contributed by atoms with van der Waals surface area (Å²) in [4.78, 5) is 25.3. The number of furan rings is 1. The Labute approximate surface area is 115 Å². The monoisotopic (exact) mass is 271 g/mol. The van der Waals surface area contributed by atoms with Crippen molar-refractivity contribution in [1.29, 1.82) is 0 Å². The maximum atomic E-state index is 12.5. The molecule has 1 aliphatic rings. The highest BCUT2D eigenvalue weighted by Crippen LogP contribution is 2.33. The summed E-state index contributed by atoms with van der Waals surface area (Å²) in [5.74, 6) is -0.735. The van der Waals surface area contributed by atoms with Crippen LogP contribution in [-0.4, -0.2) is 23.0 Å². The smallest absolute Gasteiger partial charge is 0.327 e. The molecule has 1 atom stereocenters. The van der Waals surface area contributed by atoms with Crippen LogP contribution in [0.25, 0.3) is 0 Å². The lowest BCUT2D eigenvalue weighted by atomic mass is 10.1. The van der Waals surface area contributed by atoms with E-state index in [4.69, 9.17) is 4.42 Å². The number of para-hydroxylation sites is 1. The summed E-state index contributed by atoms with van der Waals surface area (Å²) < 4.78 is 5.13. The number of amides is 1. The summed E-state index contributed by atoms with van der Waals surface area (Å²) in [6, 6.07) is 8.00. The third-order valence-electron chi connectivity index (χ3n) is 3.46. The zero-order valence-corrected chi connectivity index (χ0v) is 10.9. The van der Waals surface area contributed by atoms with Gasteiger partial charge in [0.2, 0.25) is 0 Å². The average Bonchev–Trinajstić information content (AvgIpc) is 3.01. The second-order valence-electron chi connectivity index (χ2n) is 4.81. The van der Waals surface area contributed by atoms with Crippen molar-refractivity contribution in [2.75, 3.05) is 4.90 Å². The fourth-order valence-electron chi connectivity index (χ4n) is 2.53. The first-order valence-electron chi connectivity index (χ1n) is 6.27. The van der Waals surface area contributed by atoms with Crippen LogP contribution in [0.15, 0.2) is 41.0 Å². The zero-order chi connectivity index (χ0) is 14.3. The molecule has 1 amide bonds. The van der Waals surface area contributed by atoms with Gasteiger partial charge in [0.15, 0.2) is 0 Å². The van der Waals surface area contributed by atoms with E-state index in [1.807, 2.05) is 12.1 Å². The van der Waals surface area contributed by atoms with Crippen molar-refractivity contribution in [3.63, 3.8) is 0 Å². The van der Waals surface area contributed by atoms with E-state index in [0.717, 1.165) is 5.56 Å². The molecule has 5 nitrogen and oxygen atoms in total.